The average molecular weight is 340 g/mol. The molecular formula is C20H20O5. The third-order valence-electron chi connectivity index (χ3n) is 4.01. The second-order valence-corrected chi connectivity index (χ2v) is 5.41. The molecule has 2 aromatic rings. The molecule has 0 N–H and O–H groups in total. The molecule has 1 aliphatic rings. The van der Waals surface area contributed by atoms with Crippen molar-refractivity contribution in [3.05, 3.63) is 54.1 Å². The molecular weight excluding hydrogens is 320 g/mol. The van der Waals surface area contributed by atoms with E-state index in [4.69, 9.17) is 23.7 Å². The standard InChI is InChI=1S/C20H20O5/c1-12-8-16(25-17-11-14(21-2)6-7-15(12)17)13-9-18(22-3)20(24-5)19(10-13)23-4/h6-11H,1H2,2-5H3. The van der Waals surface area contributed by atoms with Crippen LogP contribution >= 0.6 is 0 Å². The third kappa shape index (κ3) is 3.01. The van der Waals surface area contributed by atoms with Crippen molar-refractivity contribution >= 4 is 11.3 Å². The van der Waals surface area contributed by atoms with Gasteiger partial charge in [0.25, 0.3) is 0 Å². The maximum absolute atomic E-state index is 6.07. The Labute approximate surface area is 147 Å². The molecule has 0 bridgehead atoms. The van der Waals surface area contributed by atoms with Crippen LogP contribution in [0.2, 0.25) is 0 Å². The molecule has 0 fully saturated rings. The van der Waals surface area contributed by atoms with Crippen LogP contribution in [0.3, 0.4) is 0 Å². The highest BCUT2D eigenvalue weighted by molar-refractivity contribution is 5.88. The molecule has 0 spiro atoms. The second-order valence-electron chi connectivity index (χ2n) is 5.41. The maximum atomic E-state index is 6.07. The molecule has 0 aromatic heterocycles. The van der Waals surface area contributed by atoms with Gasteiger partial charge in [-0.2, -0.15) is 0 Å². The number of hydrogen-bond donors (Lipinski definition) is 0. The number of hydrogen-bond acceptors (Lipinski definition) is 5. The van der Waals surface area contributed by atoms with Gasteiger partial charge in [0.15, 0.2) is 11.5 Å². The van der Waals surface area contributed by atoms with Crippen molar-refractivity contribution in [1.29, 1.82) is 0 Å². The Morgan fingerprint density at radius 2 is 1.52 bits per heavy atom. The van der Waals surface area contributed by atoms with Crippen LogP contribution in [0.4, 0.5) is 0 Å². The van der Waals surface area contributed by atoms with Crippen LogP contribution in [0.5, 0.6) is 28.7 Å². The fourth-order valence-corrected chi connectivity index (χ4v) is 2.73. The van der Waals surface area contributed by atoms with Crippen LogP contribution in [-0.4, -0.2) is 28.4 Å². The van der Waals surface area contributed by atoms with Gasteiger partial charge in [-0.05, 0) is 35.9 Å². The molecule has 0 saturated carbocycles. The quantitative estimate of drug-likeness (QED) is 0.817. The smallest absolute Gasteiger partial charge is 0.203 e. The topological polar surface area (TPSA) is 46.2 Å². The largest absolute Gasteiger partial charge is 0.497 e. The average Bonchev–Trinajstić information content (AvgIpc) is 2.65. The number of methoxy groups -OCH3 is 4. The van der Waals surface area contributed by atoms with Gasteiger partial charge in [0.2, 0.25) is 5.75 Å². The highest BCUT2D eigenvalue weighted by Crippen LogP contribution is 2.43. The minimum absolute atomic E-state index is 0.533. The number of benzene rings is 2. The molecule has 0 unspecified atom stereocenters. The fraction of sp³-hybridized carbons (Fsp3) is 0.200. The van der Waals surface area contributed by atoms with Crippen LogP contribution in [0.25, 0.3) is 11.3 Å². The number of rotatable bonds is 5. The van der Waals surface area contributed by atoms with Crippen molar-refractivity contribution in [3.8, 4) is 28.7 Å². The maximum Gasteiger partial charge on any atom is 0.203 e. The van der Waals surface area contributed by atoms with E-state index >= 15 is 0 Å². The van der Waals surface area contributed by atoms with Crippen molar-refractivity contribution in [2.24, 2.45) is 0 Å². The molecule has 0 saturated heterocycles. The van der Waals surface area contributed by atoms with Gasteiger partial charge in [-0.1, -0.05) is 6.58 Å². The zero-order valence-corrected chi connectivity index (χ0v) is 14.7. The molecule has 130 valence electrons. The number of ether oxygens (including phenoxy) is 5. The molecule has 1 heterocycles. The molecule has 0 amide bonds. The molecule has 0 atom stereocenters. The Bertz CT molecular complexity index is 826. The third-order valence-corrected chi connectivity index (χ3v) is 4.01. The molecule has 5 nitrogen and oxygen atoms in total. The van der Waals surface area contributed by atoms with E-state index in [0.717, 1.165) is 22.4 Å². The van der Waals surface area contributed by atoms with Crippen LogP contribution in [0.1, 0.15) is 11.1 Å². The van der Waals surface area contributed by atoms with Crippen LogP contribution in [-0.2, 0) is 0 Å². The van der Waals surface area contributed by atoms with Crippen molar-refractivity contribution in [1.82, 2.24) is 0 Å². The van der Waals surface area contributed by atoms with Gasteiger partial charge in [-0.25, -0.2) is 0 Å². The number of fused-ring (bicyclic) bond motifs is 1. The summed E-state index contributed by atoms with van der Waals surface area (Å²) < 4.78 is 27.5. The van der Waals surface area contributed by atoms with Gasteiger partial charge >= 0.3 is 0 Å². The van der Waals surface area contributed by atoms with Crippen LogP contribution < -0.4 is 23.7 Å². The second kappa shape index (κ2) is 6.81. The lowest BCUT2D eigenvalue weighted by Gasteiger charge is -2.22. The van der Waals surface area contributed by atoms with E-state index in [1.54, 1.807) is 28.4 Å². The van der Waals surface area contributed by atoms with E-state index in [9.17, 15) is 0 Å². The van der Waals surface area contributed by atoms with E-state index < -0.39 is 0 Å². The molecule has 0 aliphatic carbocycles. The van der Waals surface area contributed by atoms with Gasteiger partial charge in [-0.3, -0.25) is 0 Å². The summed E-state index contributed by atoms with van der Waals surface area (Å²) in [6.45, 7) is 4.12. The summed E-state index contributed by atoms with van der Waals surface area (Å²) in [6.07, 6.45) is 1.88. The zero-order chi connectivity index (χ0) is 18.0. The summed E-state index contributed by atoms with van der Waals surface area (Å²) >= 11 is 0. The highest BCUT2D eigenvalue weighted by atomic mass is 16.5. The summed E-state index contributed by atoms with van der Waals surface area (Å²) in [7, 11) is 6.35. The minimum atomic E-state index is 0.533. The summed E-state index contributed by atoms with van der Waals surface area (Å²) in [4.78, 5) is 0. The van der Waals surface area contributed by atoms with Gasteiger partial charge in [0, 0.05) is 17.2 Å². The van der Waals surface area contributed by atoms with Gasteiger partial charge in [0.1, 0.15) is 17.3 Å². The van der Waals surface area contributed by atoms with E-state index in [0.29, 0.717) is 28.8 Å². The number of allylic oxidation sites excluding steroid dienone is 2. The van der Waals surface area contributed by atoms with Crippen molar-refractivity contribution in [2.75, 3.05) is 28.4 Å². The van der Waals surface area contributed by atoms with E-state index in [-0.39, 0.29) is 0 Å². The SMILES string of the molecule is C=C1C=C(c2cc(OC)c(OC)c(OC)c2)Oc2cc(OC)ccc21. The molecule has 3 rings (SSSR count). The fourth-order valence-electron chi connectivity index (χ4n) is 2.73. The summed E-state index contributed by atoms with van der Waals surface area (Å²) in [5.74, 6) is 3.70. The molecule has 2 aromatic carbocycles. The summed E-state index contributed by atoms with van der Waals surface area (Å²) in [5, 5.41) is 0. The normalized spacial score (nSPS) is 12.6. The monoisotopic (exact) mass is 340 g/mol. The predicted octanol–water partition coefficient (Wildman–Crippen LogP) is 4.17. The minimum Gasteiger partial charge on any atom is -0.497 e. The Morgan fingerprint density at radius 3 is 2.08 bits per heavy atom. The van der Waals surface area contributed by atoms with E-state index in [2.05, 4.69) is 6.58 Å². The zero-order valence-electron chi connectivity index (χ0n) is 14.7. The Morgan fingerprint density at radius 1 is 0.840 bits per heavy atom. The first-order chi connectivity index (χ1) is 12.1. The Balaban J connectivity index is 2.06. The molecule has 0 radical (unpaired) electrons. The summed E-state index contributed by atoms with van der Waals surface area (Å²) in [6, 6.07) is 9.33. The first kappa shape index (κ1) is 16.8. The van der Waals surface area contributed by atoms with Crippen LogP contribution in [0, 0.1) is 0 Å². The van der Waals surface area contributed by atoms with Crippen molar-refractivity contribution < 1.29 is 23.7 Å². The molecule has 1 aliphatic heterocycles. The van der Waals surface area contributed by atoms with Gasteiger partial charge < -0.3 is 23.7 Å². The summed E-state index contributed by atoms with van der Waals surface area (Å²) in [5.41, 5.74) is 2.58. The first-order valence-electron chi connectivity index (χ1n) is 7.68. The molecule has 5 heteroatoms. The van der Waals surface area contributed by atoms with Gasteiger partial charge in [0.05, 0.1) is 28.4 Å². The van der Waals surface area contributed by atoms with Crippen LogP contribution in [0.15, 0.2) is 43.0 Å². The van der Waals surface area contributed by atoms with Crippen molar-refractivity contribution in [2.45, 2.75) is 0 Å². The lowest BCUT2D eigenvalue weighted by Crippen LogP contribution is -2.05. The lowest BCUT2D eigenvalue weighted by atomic mass is 10.0. The predicted molar refractivity (Wildman–Crippen MR) is 96.7 cm³/mol. The Hall–Kier alpha value is -3.08. The van der Waals surface area contributed by atoms with E-state index in [1.807, 2.05) is 36.4 Å². The van der Waals surface area contributed by atoms with Gasteiger partial charge in [-0.15, -0.1) is 0 Å². The van der Waals surface area contributed by atoms with Crippen molar-refractivity contribution in [3.63, 3.8) is 0 Å². The lowest BCUT2D eigenvalue weighted by molar-refractivity contribution is 0.324. The van der Waals surface area contributed by atoms with E-state index in [1.165, 1.54) is 0 Å². The first-order valence-corrected chi connectivity index (χ1v) is 7.68. The molecule has 25 heavy (non-hydrogen) atoms. The Kier molecular flexibility index (Phi) is 4.57. The highest BCUT2D eigenvalue weighted by Gasteiger charge is 2.21.